The summed E-state index contributed by atoms with van der Waals surface area (Å²) in [5, 5.41) is 0. The molecular weight excluding hydrogens is 390 g/mol. The Morgan fingerprint density at radius 2 is 1.84 bits per heavy atom. The molecule has 0 spiro atoms. The number of aromatic nitrogens is 3. The summed E-state index contributed by atoms with van der Waals surface area (Å²) in [4.78, 5) is 26.4. The van der Waals surface area contributed by atoms with Crippen molar-refractivity contribution in [3.8, 4) is 0 Å². The van der Waals surface area contributed by atoms with Gasteiger partial charge >= 0.3 is 0 Å². The number of pyridine rings is 1. The van der Waals surface area contributed by atoms with Crippen molar-refractivity contribution in [1.82, 2.24) is 24.3 Å². The Kier molecular flexibility index (Phi) is 7.27. The third kappa shape index (κ3) is 5.48. The minimum absolute atomic E-state index is 0.0484. The van der Waals surface area contributed by atoms with Gasteiger partial charge in [0.25, 0.3) is 5.91 Å². The summed E-state index contributed by atoms with van der Waals surface area (Å²) in [6.45, 7) is 6.05. The molecule has 3 aromatic rings. The Bertz CT molecular complexity index is 980. The van der Waals surface area contributed by atoms with E-state index < -0.39 is 0 Å². The minimum atomic E-state index is 0.0484. The van der Waals surface area contributed by atoms with E-state index in [9.17, 15) is 4.79 Å². The van der Waals surface area contributed by atoms with Crippen molar-refractivity contribution < 1.29 is 9.53 Å². The van der Waals surface area contributed by atoms with E-state index in [1.165, 1.54) is 5.56 Å². The lowest BCUT2D eigenvalue weighted by molar-refractivity contribution is 0.0632. The summed E-state index contributed by atoms with van der Waals surface area (Å²) in [5.74, 6) is 0.0484. The fourth-order valence-corrected chi connectivity index (χ4v) is 4.06. The zero-order chi connectivity index (χ0) is 21.5. The second-order valence-electron chi connectivity index (χ2n) is 8.07. The molecule has 4 rings (SSSR count). The fraction of sp³-hybridized carbons (Fsp3) is 0.458. The van der Waals surface area contributed by atoms with Gasteiger partial charge in [-0.25, -0.2) is 9.97 Å². The van der Waals surface area contributed by atoms with Gasteiger partial charge in [0.2, 0.25) is 0 Å². The number of hydrogen-bond donors (Lipinski definition) is 0. The van der Waals surface area contributed by atoms with E-state index in [1.54, 1.807) is 13.3 Å². The predicted molar refractivity (Wildman–Crippen MR) is 121 cm³/mol. The topological polar surface area (TPSA) is 63.5 Å². The largest absolute Gasteiger partial charge is 0.385 e. The SMILES string of the molecule is COCCCCN1CCN(C(=O)c2cnc3c(c2)ncn3CCc2ccccc2)CC1. The van der Waals surface area contributed by atoms with Gasteiger partial charge < -0.3 is 14.2 Å². The van der Waals surface area contributed by atoms with Crippen LogP contribution in [0, 0.1) is 0 Å². The quantitative estimate of drug-likeness (QED) is 0.497. The number of aryl methyl sites for hydroxylation is 2. The number of unbranched alkanes of at least 4 members (excludes halogenated alkanes) is 1. The molecule has 7 nitrogen and oxygen atoms in total. The third-order valence-electron chi connectivity index (χ3n) is 5.92. The van der Waals surface area contributed by atoms with Crippen molar-refractivity contribution in [1.29, 1.82) is 0 Å². The highest BCUT2D eigenvalue weighted by Gasteiger charge is 2.22. The molecule has 0 radical (unpaired) electrons. The Balaban J connectivity index is 1.33. The lowest BCUT2D eigenvalue weighted by Crippen LogP contribution is -2.48. The van der Waals surface area contributed by atoms with Gasteiger partial charge in [-0.2, -0.15) is 0 Å². The summed E-state index contributed by atoms with van der Waals surface area (Å²) in [5.41, 5.74) is 3.51. The molecule has 31 heavy (non-hydrogen) atoms. The first-order valence-corrected chi connectivity index (χ1v) is 11.1. The fourth-order valence-electron chi connectivity index (χ4n) is 4.06. The number of imidazole rings is 1. The van der Waals surface area contributed by atoms with Gasteiger partial charge in [-0.1, -0.05) is 30.3 Å². The Morgan fingerprint density at radius 3 is 2.61 bits per heavy atom. The molecule has 164 valence electrons. The lowest BCUT2D eigenvalue weighted by Gasteiger charge is -2.34. The lowest BCUT2D eigenvalue weighted by atomic mass is 10.1. The van der Waals surface area contributed by atoms with Crippen LogP contribution in [0.4, 0.5) is 0 Å². The molecule has 0 atom stereocenters. The van der Waals surface area contributed by atoms with Crippen molar-refractivity contribution in [3.63, 3.8) is 0 Å². The van der Waals surface area contributed by atoms with E-state index in [2.05, 4.69) is 43.7 Å². The normalized spacial score (nSPS) is 14.9. The third-order valence-corrected chi connectivity index (χ3v) is 5.92. The van der Waals surface area contributed by atoms with E-state index in [1.807, 2.05) is 23.4 Å². The van der Waals surface area contributed by atoms with Gasteiger partial charge in [-0.15, -0.1) is 0 Å². The number of hydrogen-bond acceptors (Lipinski definition) is 5. The van der Waals surface area contributed by atoms with Crippen LogP contribution in [0.3, 0.4) is 0 Å². The molecule has 0 N–H and O–H groups in total. The summed E-state index contributed by atoms with van der Waals surface area (Å²) in [6, 6.07) is 12.3. The van der Waals surface area contributed by atoms with Crippen molar-refractivity contribution in [3.05, 3.63) is 60.0 Å². The van der Waals surface area contributed by atoms with Crippen LogP contribution in [0.5, 0.6) is 0 Å². The van der Waals surface area contributed by atoms with E-state index in [0.29, 0.717) is 5.56 Å². The monoisotopic (exact) mass is 421 g/mol. The van der Waals surface area contributed by atoms with Crippen LogP contribution in [0.15, 0.2) is 48.9 Å². The molecule has 1 saturated heterocycles. The van der Waals surface area contributed by atoms with Crippen molar-refractivity contribution in [2.24, 2.45) is 0 Å². The van der Waals surface area contributed by atoms with E-state index >= 15 is 0 Å². The van der Waals surface area contributed by atoms with Gasteiger partial charge in [0, 0.05) is 52.6 Å². The highest BCUT2D eigenvalue weighted by atomic mass is 16.5. The first kappa shape index (κ1) is 21.5. The molecule has 1 aromatic carbocycles. The Morgan fingerprint density at radius 1 is 1.03 bits per heavy atom. The molecule has 2 aromatic heterocycles. The molecule has 1 fully saturated rings. The maximum absolute atomic E-state index is 13.0. The number of methoxy groups -OCH3 is 1. The maximum Gasteiger partial charge on any atom is 0.255 e. The number of carbonyl (C=O) groups excluding carboxylic acids is 1. The summed E-state index contributed by atoms with van der Waals surface area (Å²) < 4.78 is 7.17. The highest BCUT2D eigenvalue weighted by molar-refractivity contribution is 5.96. The molecule has 7 heteroatoms. The number of benzene rings is 1. The van der Waals surface area contributed by atoms with Crippen LogP contribution in [0.25, 0.3) is 11.2 Å². The average Bonchev–Trinajstić information content (AvgIpc) is 3.23. The number of ether oxygens (including phenoxy) is 1. The first-order valence-electron chi connectivity index (χ1n) is 11.1. The molecule has 1 amide bonds. The standard InChI is InChI=1S/C24H31N5O2/c1-31-16-6-5-10-27-12-14-28(15-13-27)24(30)21-17-22-23(25-18-21)29(19-26-22)11-9-20-7-3-2-4-8-20/h2-4,7-8,17-19H,5-6,9-16H2,1H3. The summed E-state index contributed by atoms with van der Waals surface area (Å²) in [7, 11) is 1.74. The maximum atomic E-state index is 13.0. The van der Waals surface area contributed by atoms with Crippen LogP contribution in [0.1, 0.15) is 28.8 Å². The van der Waals surface area contributed by atoms with Crippen molar-refractivity contribution in [2.75, 3.05) is 46.4 Å². The van der Waals surface area contributed by atoms with Crippen LogP contribution in [-0.4, -0.2) is 76.7 Å². The summed E-state index contributed by atoms with van der Waals surface area (Å²) in [6.07, 6.45) is 6.65. The Labute approximate surface area is 183 Å². The van der Waals surface area contributed by atoms with E-state index in [0.717, 1.165) is 76.3 Å². The second kappa shape index (κ2) is 10.5. The number of piperazine rings is 1. The molecule has 0 saturated carbocycles. The molecule has 1 aliphatic rings. The zero-order valence-corrected chi connectivity index (χ0v) is 18.2. The number of nitrogens with zero attached hydrogens (tertiary/aromatic N) is 5. The van der Waals surface area contributed by atoms with E-state index in [4.69, 9.17) is 4.74 Å². The predicted octanol–water partition coefficient (Wildman–Crippen LogP) is 2.86. The average molecular weight is 422 g/mol. The molecule has 0 aliphatic carbocycles. The minimum Gasteiger partial charge on any atom is -0.385 e. The second-order valence-corrected chi connectivity index (χ2v) is 8.07. The number of fused-ring (bicyclic) bond motifs is 1. The van der Waals surface area contributed by atoms with Crippen LogP contribution >= 0.6 is 0 Å². The van der Waals surface area contributed by atoms with Gasteiger partial charge in [0.15, 0.2) is 5.65 Å². The molecule has 3 heterocycles. The van der Waals surface area contributed by atoms with Gasteiger partial charge in [0.05, 0.1) is 11.9 Å². The van der Waals surface area contributed by atoms with Gasteiger partial charge in [-0.3, -0.25) is 9.69 Å². The highest BCUT2D eigenvalue weighted by Crippen LogP contribution is 2.16. The number of amides is 1. The number of rotatable bonds is 9. The molecule has 0 unspecified atom stereocenters. The van der Waals surface area contributed by atoms with Crippen LogP contribution in [0.2, 0.25) is 0 Å². The van der Waals surface area contributed by atoms with Crippen molar-refractivity contribution >= 4 is 17.1 Å². The van der Waals surface area contributed by atoms with Gasteiger partial charge in [0.1, 0.15) is 5.52 Å². The van der Waals surface area contributed by atoms with Crippen LogP contribution in [-0.2, 0) is 17.7 Å². The van der Waals surface area contributed by atoms with E-state index in [-0.39, 0.29) is 5.91 Å². The smallest absolute Gasteiger partial charge is 0.255 e. The zero-order valence-electron chi connectivity index (χ0n) is 18.2. The molecule has 1 aliphatic heterocycles. The van der Waals surface area contributed by atoms with Crippen molar-refractivity contribution in [2.45, 2.75) is 25.8 Å². The van der Waals surface area contributed by atoms with Gasteiger partial charge in [-0.05, 0) is 37.4 Å². The first-order chi connectivity index (χ1) is 15.2. The van der Waals surface area contributed by atoms with Crippen LogP contribution < -0.4 is 0 Å². The molecular formula is C24H31N5O2. The molecule has 0 bridgehead atoms. The Hall–Kier alpha value is -2.77. The number of carbonyl (C=O) groups is 1. The summed E-state index contributed by atoms with van der Waals surface area (Å²) >= 11 is 0.